The van der Waals surface area contributed by atoms with Gasteiger partial charge < -0.3 is 5.32 Å². The molecule has 0 aliphatic carbocycles. The van der Waals surface area contributed by atoms with Crippen LogP contribution in [0.1, 0.15) is 12.5 Å². The minimum absolute atomic E-state index is 0.0569. The Balaban J connectivity index is 1.97. The Morgan fingerprint density at radius 1 is 1.15 bits per heavy atom. The van der Waals surface area contributed by atoms with E-state index in [-0.39, 0.29) is 5.91 Å². The van der Waals surface area contributed by atoms with Crippen LogP contribution in [0.3, 0.4) is 0 Å². The molecule has 1 aromatic heterocycles. The number of hydrogen-bond donors (Lipinski definition) is 1. The van der Waals surface area contributed by atoms with Crippen LogP contribution >= 0.6 is 11.3 Å². The van der Waals surface area contributed by atoms with Crippen LogP contribution in [-0.2, 0) is 4.79 Å². The fourth-order valence-electron chi connectivity index (χ4n) is 2.12. The summed E-state index contributed by atoms with van der Waals surface area (Å²) in [5.74, 6) is 5.99. The molecule has 1 heterocycles. The first-order valence-corrected chi connectivity index (χ1v) is 7.20. The van der Waals surface area contributed by atoms with E-state index < -0.39 is 0 Å². The molecule has 3 rings (SSSR count). The summed E-state index contributed by atoms with van der Waals surface area (Å²) in [6.07, 6.45) is 0. The molecule has 1 N–H and O–H groups in total. The third kappa shape index (κ3) is 2.52. The SMILES string of the molecule is CC(=O)NCC#Cc1ccc2sc3ccccc3c2c1. The van der Waals surface area contributed by atoms with E-state index >= 15 is 0 Å². The number of hydrogen-bond acceptors (Lipinski definition) is 2. The van der Waals surface area contributed by atoms with Crippen LogP contribution in [0.2, 0.25) is 0 Å². The van der Waals surface area contributed by atoms with E-state index in [4.69, 9.17) is 0 Å². The zero-order chi connectivity index (χ0) is 13.9. The molecular formula is C17H13NOS. The highest BCUT2D eigenvalue weighted by Crippen LogP contribution is 2.33. The number of thiophene rings is 1. The second-order valence-corrected chi connectivity index (χ2v) is 5.60. The van der Waals surface area contributed by atoms with Crippen LogP contribution in [-0.4, -0.2) is 12.5 Å². The topological polar surface area (TPSA) is 29.1 Å². The van der Waals surface area contributed by atoms with Crippen molar-refractivity contribution in [2.45, 2.75) is 6.92 Å². The molecule has 3 aromatic rings. The first-order chi connectivity index (χ1) is 9.74. The summed E-state index contributed by atoms with van der Waals surface area (Å²) in [5, 5.41) is 5.19. The number of amides is 1. The second-order valence-electron chi connectivity index (χ2n) is 4.52. The predicted octanol–water partition coefficient (Wildman–Crippen LogP) is 3.54. The van der Waals surface area contributed by atoms with Gasteiger partial charge in [0.15, 0.2) is 0 Å². The van der Waals surface area contributed by atoms with E-state index in [2.05, 4.69) is 53.6 Å². The number of rotatable bonds is 1. The van der Waals surface area contributed by atoms with Gasteiger partial charge in [-0.05, 0) is 24.3 Å². The summed E-state index contributed by atoms with van der Waals surface area (Å²) in [4.78, 5) is 10.8. The summed E-state index contributed by atoms with van der Waals surface area (Å²) in [6, 6.07) is 14.7. The van der Waals surface area contributed by atoms with Gasteiger partial charge in [-0.25, -0.2) is 0 Å². The minimum Gasteiger partial charge on any atom is -0.345 e. The molecule has 0 aliphatic heterocycles. The van der Waals surface area contributed by atoms with Crippen molar-refractivity contribution in [2.75, 3.05) is 6.54 Å². The summed E-state index contributed by atoms with van der Waals surface area (Å²) in [7, 11) is 0. The van der Waals surface area contributed by atoms with E-state index in [9.17, 15) is 4.79 Å². The Kier molecular flexibility index (Phi) is 3.41. The molecule has 0 bridgehead atoms. The smallest absolute Gasteiger partial charge is 0.217 e. The van der Waals surface area contributed by atoms with Gasteiger partial charge in [-0.15, -0.1) is 11.3 Å². The zero-order valence-corrected chi connectivity index (χ0v) is 11.9. The monoisotopic (exact) mass is 279 g/mol. The van der Waals surface area contributed by atoms with Crippen molar-refractivity contribution >= 4 is 37.4 Å². The van der Waals surface area contributed by atoms with Gasteiger partial charge in [0, 0.05) is 32.7 Å². The Labute approximate surface area is 121 Å². The average molecular weight is 279 g/mol. The Bertz CT molecular complexity index is 851. The first kappa shape index (κ1) is 12.7. The molecular weight excluding hydrogens is 266 g/mol. The highest BCUT2D eigenvalue weighted by Gasteiger charge is 2.03. The van der Waals surface area contributed by atoms with E-state index in [1.165, 1.54) is 27.1 Å². The van der Waals surface area contributed by atoms with Crippen LogP contribution in [0.4, 0.5) is 0 Å². The van der Waals surface area contributed by atoms with Crippen molar-refractivity contribution in [1.29, 1.82) is 0 Å². The molecule has 0 fully saturated rings. The Hall–Kier alpha value is -2.31. The van der Waals surface area contributed by atoms with Crippen LogP contribution < -0.4 is 5.32 Å². The summed E-state index contributed by atoms with van der Waals surface area (Å²) in [6.45, 7) is 1.88. The van der Waals surface area contributed by atoms with Gasteiger partial charge in [0.2, 0.25) is 5.91 Å². The van der Waals surface area contributed by atoms with E-state index in [0.29, 0.717) is 6.54 Å². The molecule has 0 saturated heterocycles. The number of carbonyl (C=O) groups excluding carboxylic acids is 1. The van der Waals surface area contributed by atoms with Crippen LogP contribution in [0.5, 0.6) is 0 Å². The quantitative estimate of drug-likeness (QED) is 0.678. The van der Waals surface area contributed by atoms with Crippen molar-refractivity contribution in [1.82, 2.24) is 5.32 Å². The second kappa shape index (κ2) is 5.36. The molecule has 0 aliphatic rings. The van der Waals surface area contributed by atoms with Crippen molar-refractivity contribution in [2.24, 2.45) is 0 Å². The lowest BCUT2D eigenvalue weighted by Gasteiger charge is -1.94. The predicted molar refractivity (Wildman–Crippen MR) is 84.9 cm³/mol. The molecule has 98 valence electrons. The van der Waals surface area contributed by atoms with Gasteiger partial charge in [0.1, 0.15) is 0 Å². The summed E-state index contributed by atoms with van der Waals surface area (Å²) in [5.41, 5.74) is 0.978. The fraction of sp³-hybridized carbons (Fsp3) is 0.118. The third-order valence-corrected chi connectivity index (χ3v) is 4.19. The molecule has 2 aromatic carbocycles. The lowest BCUT2D eigenvalue weighted by atomic mass is 10.1. The maximum Gasteiger partial charge on any atom is 0.217 e. The molecule has 0 atom stereocenters. The lowest BCUT2D eigenvalue weighted by molar-refractivity contribution is -0.118. The van der Waals surface area contributed by atoms with Crippen molar-refractivity contribution < 1.29 is 4.79 Å². The number of benzene rings is 2. The van der Waals surface area contributed by atoms with Crippen molar-refractivity contribution in [3.8, 4) is 11.8 Å². The molecule has 1 amide bonds. The van der Waals surface area contributed by atoms with Gasteiger partial charge in [-0.3, -0.25) is 4.79 Å². The highest BCUT2D eigenvalue weighted by atomic mass is 32.1. The fourth-order valence-corrected chi connectivity index (χ4v) is 3.21. The third-order valence-electron chi connectivity index (χ3n) is 3.04. The van der Waals surface area contributed by atoms with Gasteiger partial charge in [0.05, 0.1) is 6.54 Å². The Morgan fingerprint density at radius 3 is 2.80 bits per heavy atom. The van der Waals surface area contributed by atoms with E-state index in [0.717, 1.165) is 5.56 Å². The van der Waals surface area contributed by atoms with Gasteiger partial charge in [-0.1, -0.05) is 30.0 Å². The number of carbonyl (C=O) groups is 1. The molecule has 0 unspecified atom stereocenters. The number of nitrogens with one attached hydrogen (secondary N) is 1. The standard InChI is InChI=1S/C17H13NOS/c1-12(19)18-10-4-5-13-8-9-17-15(11-13)14-6-2-3-7-16(14)20-17/h2-3,6-9,11H,10H2,1H3,(H,18,19). The molecule has 20 heavy (non-hydrogen) atoms. The summed E-state index contributed by atoms with van der Waals surface area (Å²) < 4.78 is 2.57. The molecule has 3 heteroatoms. The van der Waals surface area contributed by atoms with Gasteiger partial charge in [-0.2, -0.15) is 0 Å². The van der Waals surface area contributed by atoms with Crippen molar-refractivity contribution in [3.63, 3.8) is 0 Å². The molecule has 2 nitrogen and oxygen atoms in total. The van der Waals surface area contributed by atoms with Crippen LogP contribution in [0.15, 0.2) is 42.5 Å². The number of fused-ring (bicyclic) bond motifs is 3. The van der Waals surface area contributed by atoms with Crippen LogP contribution in [0, 0.1) is 11.8 Å². The lowest BCUT2D eigenvalue weighted by Crippen LogP contribution is -2.19. The normalized spacial score (nSPS) is 10.2. The average Bonchev–Trinajstić information content (AvgIpc) is 2.81. The molecule has 0 spiro atoms. The van der Waals surface area contributed by atoms with E-state index in [1.807, 2.05) is 6.07 Å². The maximum absolute atomic E-state index is 10.8. The molecule has 0 radical (unpaired) electrons. The molecule has 0 saturated carbocycles. The van der Waals surface area contributed by atoms with Gasteiger partial charge in [0.25, 0.3) is 0 Å². The zero-order valence-electron chi connectivity index (χ0n) is 11.1. The van der Waals surface area contributed by atoms with Gasteiger partial charge >= 0.3 is 0 Å². The maximum atomic E-state index is 10.8. The first-order valence-electron chi connectivity index (χ1n) is 6.38. The largest absolute Gasteiger partial charge is 0.345 e. The highest BCUT2D eigenvalue weighted by molar-refractivity contribution is 7.25. The van der Waals surface area contributed by atoms with Crippen molar-refractivity contribution in [3.05, 3.63) is 48.0 Å². The van der Waals surface area contributed by atoms with E-state index in [1.54, 1.807) is 11.3 Å². The summed E-state index contributed by atoms with van der Waals surface area (Å²) >= 11 is 1.80. The van der Waals surface area contributed by atoms with Crippen LogP contribution in [0.25, 0.3) is 20.2 Å². The Morgan fingerprint density at radius 2 is 1.95 bits per heavy atom. The minimum atomic E-state index is -0.0569.